The van der Waals surface area contributed by atoms with Gasteiger partial charge in [-0.15, -0.1) is 0 Å². The first-order chi connectivity index (χ1) is 9.10. The monoisotopic (exact) mass is 280 g/mol. The molecule has 0 aliphatic rings. The maximum Gasteiger partial charge on any atom is 0.350 e. The van der Waals surface area contributed by atoms with Crippen LogP contribution < -0.4 is 5.69 Å². The van der Waals surface area contributed by atoms with Crippen molar-refractivity contribution in [3.8, 4) is 0 Å². The summed E-state index contributed by atoms with van der Waals surface area (Å²) in [5.41, 5.74) is 0.0537. The molecule has 0 saturated heterocycles. The molecule has 0 aliphatic carbocycles. The summed E-state index contributed by atoms with van der Waals surface area (Å²) in [6.07, 6.45) is 3.74. The molecule has 102 valence electrons. The van der Waals surface area contributed by atoms with Gasteiger partial charge >= 0.3 is 5.69 Å². The number of thioether (sulfide) groups is 1. The van der Waals surface area contributed by atoms with E-state index in [2.05, 4.69) is 11.9 Å². The molecule has 2 heterocycles. The number of nitrogens with zero attached hydrogens (tertiary/aromatic N) is 2. The molecule has 0 spiro atoms. The minimum absolute atomic E-state index is 0.0379. The summed E-state index contributed by atoms with van der Waals surface area (Å²) in [6.45, 7) is 4.26. The fourth-order valence-corrected chi connectivity index (χ4v) is 2.22. The minimum atomic E-state index is -0.291. The number of carbonyl (C=O) groups is 1. The van der Waals surface area contributed by atoms with Gasteiger partial charge in [0.1, 0.15) is 5.76 Å². The Hall–Kier alpha value is -1.56. The van der Waals surface area contributed by atoms with Crippen molar-refractivity contribution in [3.63, 3.8) is 0 Å². The van der Waals surface area contributed by atoms with Crippen molar-refractivity contribution in [3.05, 3.63) is 28.5 Å². The molecule has 2 rings (SSSR count). The van der Waals surface area contributed by atoms with Gasteiger partial charge in [-0.1, -0.05) is 25.1 Å². The Balaban J connectivity index is 2.27. The lowest BCUT2D eigenvalue weighted by Gasteiger charge is -2.01. The van der Waals surface area contributed by atoms with Crippen LogP contribution in [-0.4, -0.2) is 14.7 Å². The summed E-state index contributed by atoms with van der Waals surface area (Å²) >= 11 is 1.18. The highest BCUT2D eigenvalue weighted by Crippen LogP contribution is 2.20. The molecule has 2 aromatic heterocycles. The van der Waals surface area contributed by atoms with E-state index in [-0.39, 0.29) is 10.8 Å². The SMILES string of the molecule is CCCCn1cc2cc(CSC(C)=O)oc2nc1=O. The molecule has 0 amide bonds. The first kappa shape index (κ1) is 13.9. The van der Waals surface area contributed by atoms with E-state index >= 15 is 0 Å². The molecule has 0 radical (unpaired) electrons. The van der Waals surface area contributed by atoms with Gasteiger partial charge in [-0.25, -0.2) is 4.79 Å². The van der Waals surface area contributed by atoms with E-state index in [0.29, 0.717) is 23.8 Å². The van der Waals surface area contributed by atoms with Gasteiger partial charge in [-0.2, -0.15) is 4.98 Å². The number of aromatic nitrogens is 2. The second-order valence-electron chi connectivity index (χ2n) is 4.32. The summed E-state index contributed by atoms with van der Waals surface area (Å²) in [7, 11) is 0. The Morgan fingerprint density at radius 3 is 3.00 bits per heavy atom. The largest absolute Gasteiger partial charge is 0.442 e. The van der Waals surface area contributed by atoms with Crippen molar-refractivity contribution in [2.24, 2.45) is 0 Å². The quantitative estimate of drug-likeness (QED) is 0.842. The lowest BCUT2D eigenvalue weighted by atomic mass is 10.3. The average molecular weight is 280 g/mol. The van der Waals surface area contributed by atoms with E-state index in [9.17, 15) is 9.59 Å². The Kier molecular flexibility index (Phi) is 4.42. The fourth-order valence-electron chi connectivity index (χ4n) is 1.73. The molecular formula is C13H16N2O3S. The normalized spacial score (nSPS) is 11.1. The van der Waals surface area contributed by atoms with E-state index in [4.69, 9.17) is 4.42 Å². The van der Waals surface area contributed by atoms with Gasteiger partial charge in [-0.3, -0.25) is 9.36 Å². The van der Waals surface area contributed by atoms with Crippen molar-refractivity contribution >= 4 is 28.0 Å². The van der Waals surface area contributed by atoms with Gasteiger partial charge in [0.05, 0.1) is 11.1 Å². The molecule has 5 nitrogen and oxygen atoms in total. The van der Waals surface area contributed by atoms with Gasteiger partial charge in [0.2, 0.25) is 5.71 Å². The van der Waals surface area contributed by atoms with Crippen LogP contribution in [0.15, 0.2) is 21.5 Å². The number of fused-ring (bicyclic) bond motifs is 1. The first-order valence-corrected chi connectivity index (χ1v) is 7.22. The molecule has 19 heavy (non-hydrogen) atoms. The molecule has 0 N–H and O–H groups in total. The van der Waals surface area contributed by atoms with Crippen LogP contribution in [0.4, 0.5) is 0 Å². The van der Waals surface area contributed by atoms with Gasteiger partial charge in [0.15, 0.2) is 5.12 Å². The van der Waals surface area contributed by atoms with E-state index < -0.39 is 0 Å². The van der Waals surface area contributed by atoms with Crippen molar-refractivity contribution in [1.82, 2.24) is 9.55 Å². The fraction of sp³-hybridized carbons (Fsp3) is 0.462. The maximum atomic E-state index is 11.7. The highest BCUT2D eigenvalue weighted by Gasteiger charge is 2.09. The summed E-state index contributed by atoms with van der Waals surface area (Å²) in [5, 5.41) is 0.839. The molecule has 0 saturated carbocycles. The van der Waals surface area contributed by atoms with E-state index in [0.717, 1.165) is 18.2 Å². The van der Waals surface area contributed by atoms with Crippen molar-refractivity contribution in [1.29, 1.82) is 0 Å². The van der Waals surface area contributed by atoms with Crippen LogP contribution in [0, 0.1) is 0 Å². The standard InChI is InChI=1S/C13H16N2O3S/c1-3-4-5-15-7-10-6-11(8-19-9(2)16)18-12(10)14-13(15)17/h6-7H,3-5,8H2,1-2H3. The molecular weight excluding hydrogens is 264 g/mol. The predicted octanol–water partition coefficient (Wildman–Crippen LogP) is 2.57. The Morgan fingerprint density at radius 2 is 2.32 bits per heavy atom. The summed E-state index contributed by atoms with van der Waals surface area (Å²) in [5.74, 6) is 1.13. The number of furan rings is 1. The topological polar surface area (TPSA) is 65.1 Å². The lowest BCUT2D eigenvalue weighted by Crippen LogP contribution is -2.21. The number of carbonyl (C=O) groups excluding carboxylic acids is 1. The van der Waals surface area contributed by atoms with Crippen LogP contribution in [0.25, 0.3) is 11.1 Å². The predicted molar refractivity (Wildman–Crippen MR) is 75.2 cm³/mol. The van der Waals surface area contributed by atoms with E-state index in [1.165, 1.54) is 18.7 Å². The number of unbranched alkanes of at least 4 members (excludes halogenated alkanes) is 1. The number of hydrogen-bond donors (Lipinski definition) is 0. The molecule has 0 aliphatic heterocycles. The Morgan fingerprint density at radius 1 is 1.53 bits per heavy atom. The van der Waals surface area contributed by atoms with Gasteiger partial charge in [0, 0.05) is 19.7 Å². The Bertz CT molecular complexity index is 645. The Labute approximate surface area is 115 Å². The second-order valence-corrected chi connectivity index (χ2v) is 5.48. The van der Waals surface area contributed by atoms with Gasteiger partial charge in [0.25, 0.3) is 0 Å². The average Bonchev–Trinajstić information content (AvgIpc) is 2.75. The zero-order valence-corrected chi connectivity index (χ0v) is 11.8. The minimum Gasteiger partial charge on any atom is -0.442 e. The molecule has 0 aromatic carbocycles. The van der Waals surface area contributed by atoms with E-state index in [1.54, 1.807) is 10.8 Å². The molecule has 2 aromatic rings. The number of rotatable bonds is 5. The molecule has 0 atom stereocenters. The number of aryl methyl sites for hydroxylation is 1. The molecule has 0 bridgehead atoms. The van der Waals surface area contributed by atoms with Crippen molar-refractivity contribution in [2.45, 2.75) is 39.0 Å². The van der Waals surface area contributed by atoms with Crippen LogP contribution in [0.5, 0.6) is 0 Å². The highest BCUT2D eigenvalue weighted by atomic mass is 32.2. The third-order valence-electron chi connectivity index (χ3n) is 2.70. The van der Waals surface area contributed by atoms with Crippen LogP contribution >= 0.6 is 11.8 Å². The lowest BCUT2D eigenvalue weighted by molar-refractivity contribution is -0.109. The zero-order chi connectivity index (χ0) is 13.8. The number of hydrogen-bond acceptors (Lipinski definition) is 5. The summed E-state index contributed by atoms with van der Waals surface area (Å²) in [6, 6.07) is 1.83. The van der Waals surface area contributed by atoms with Crippen molar-refractivity contribution < 1.29 is 9.21 Å². The third-order valence-corrected chi connectivity index (χ3v) is 3.53. The van der Waals surface area contributed by atoms with Crippen LogP contribution in [0.2, 0.25) is 0 Å². The van der Waals surface area contributed by atoms with Crippen LogP contribution in [-0.2, 0) is 17.1 Å². The van der Waals surface area contributed by atoms with Crippen LogP contribution in [0.1, 0.15) is 32.4 Å². The third kappa shape index (κ3) is 3.47. The zero-order valence-electron chi connectivity index (χ0n) is 11.0. The molecule has 0 unspecified atom stereocenters. The van der Waals surface area contributed by atoms with Gasteiger partial charge < -0.3 is 4.42 Å². The second kappa shape index (κ2) is 6.06. The molecule has 0 fully saturated rings. The smallest absolute Gasteiger partial charge is 0.350 e. The first-order valence-electron chi connectivity index (χ1n) is 6.23. The molecule has 6 heteroatoms. The highest BCUT2D eigenvalue weighted by molar-refractivity contribution is 8.12. The maximum absolute atomic E-state index is 11.7. The van der Waals surface area contributed by atoms with Crippen LogP contribution in [0.3, 0.4) is 0 Å². The van der Waals surface area contributed by atoms with E-state index in [1.807, 2.05) is 6.07 Å². The summed E-state index contributed by atoms with van der Waals surface area (Å²) < 4.78 is 7.06. The van der Waals surface area contributed by atoms with Gasteiger partial charge in [-0.05, 0) is 12.5 Å². The van der Waals surface area contributed by atoms with Crippen molar-refractivity contribution in [2.75, 3.05) is 0 Å². The summed E-state index contributed by atoms with van der Waals surface area (Å²) in [4.78, 5) is 26.6.